The number of hydrogen-bond acceptors (Lipinski definition) is 4. The zero-order valence-electron chi connectivity index (χ0n) is 17.6. The summed E-state index contributed by atoms with van der Waals surface area (Å²) in [4.78, 5) is 27.9. The molecule has 166 valence electrons. The Labute approximate surface area is 183 Å². The third-order valence-corrected chi connectivity index (χ3v) is 7.54. The van der Waals surface area contributed by atoms with Crippen LogP contribution in [0.2, 0.25) is 5.02 Å². The predicted octanol–water partition coefficient (Wildman–Crippen LogP) is 2.54. The molecule has 0 unspecified atom stereocenters. The highest BCUT2D eigenvalue weighted by Gasteiger charge is 2.49. The van der Waals surface area contributed by atoms with E-state index in [2.05, 4.69) is 5.32 Å². The number of carbonyl (C=O) groups is 2. The van der Waals surface area contributed by atoms with Crippen LogP contribution >= 0.6 is 11.6 Å². The molecule has 3 rings (SSSR count). The highest BCUT2D eigenvalue weighted by atomic mass is 35.5. The Morgan fingerprint density at radius 3 is 2.33 bits per heavy atom. The van der Waals surface area contributed by atoms with E-state index in [1.165, 1.54) is 4.90 Å². The standard InChI is InChI=1S/C21H30ClN3O4S/c1-21(20(27)23-18-7-5-3-4-6-8-18)15-24(30(2,28)29)14-19(26)25(21)13-16-9-11-17(22)12-10-16/h9-12,18H,3-8,13-15H2,1-2H3,(H,23,27)/t21-/m0/s1. The molecule has 1 N–H and O–H groups in total. The molecular weight excluding hydrogens is 426 g/mol. The largest absolute Gasteiger partial charge is 0.351 e. The third-order valence-electron chi connectivity index (χ3n) is 6.10. The molecule has 2 aliphatic rings. The number of nitrogens with zero attached hydrogens (tertiary/aromatic N) is 2. The van der Waals surface area contributed by atoms with Gasteiger partial charge in [0.2, 0.25) is 21.8 Å². The van der Waals surface area contributed by atoms with E-state index in [1.54, 1.807) is 19.1 Å². The maximum Gasteiger partial charge on any atom is 0.247 e. The monoisotopic (exact) mass is 455 g/mol. The minimum Gasteiger partial charge on any atom is -0.351 e. The van der Waals surface area contributed by atoms with E-state index in [4.69, 9.17) is 11.6 Å². The lowest BCUT2D eigenvalue weighted by Crippen LogP contribution is -2.69. The average Bonchev–Trinajstić information content (AvgIpc) is 2.94. The molecule has 1 saturated heterocycles. The van der Waals surface area contributed by atoms with Crippen molar-refractivity contribution in [3.8, 4) is 0 Å². The molecule has 1 aliphatic heterocycles. The molecule has 0 spiro atoms. The number of benzene rings is 1. The molecule has 7 nitrogen and oxygen atoms in total. The highest BCUT2D eigenvalue weighted by Crippen LogP contribution is 2.28. The minimum atomic E-state index is -3.62. The van der Waals surface area contributed by atoms with Gasteiger partial charge in [-0.15, -0.1) is 0 Å². The van der Waals surface area contributed by atoms with Gasteiger partial charge in [0.25, 0.3) is 0 Å². The average molecular weight is 456 g/mol. The first-order valence-corrected chi connectivity index (χ1v) is 12.6. The van der Waals surface area contributed by atoms with Crippen molar-refractivity contribution in [3.05, 3.63) is 34.9 Å². The smallest absolute Gasteiger partial charge is 0.247 e. The topological polar surface area (TPSA) is 86.8 Å². The predicted molar refractivity (Wildman–Crippen MR) is 116 cm³/mol. The first-order chi connectivity index (χ1) is 14.1. The maximum atomic E-state index is 13.4. The second-order valence-electron chi connectivity index (χ2n) is 8.57. The number of carbonyl (C=O) groups excluding carboxylic acids is 2. The molecule has 0 bridgehead atoms. The number of halogens is 1. The highest BCUT2D eigenvalue weighted by molar-refractivity contribution is 7.88. The molecule has 0 aromatic heterocycles. The number of nitrogens with one attached hydrogen (secondary N) is 1. The van der Waals surface area contributed by atoms with Crippen LogP contribution in [0, 0.1) is 0 Å². The fourth-order valence-electron chi connectivity index (χ4n) is 4.22. The number of piperazine rings is 1. The van der Waals surface area contributed by atoms with Gasteiger partial charge in [0, 0.05) is 24.2 Å². The van der Waals surface area contributed by atoms with Gasteiger partial charge in [0.15, 0.2) is 0 Å². The summed E-state index contributed by atoms with van der Waals surface area (Å²) in [5.41, 5.74) is -0.473. The summed E-state index contributed by atoms with van der Waals surface area (Å²) >= 11 is 5.96. The van der Waals surface area contributed by atoms with E-state index >= 15 is 0 Å². The van der Waals surface area contributed by atoms with E-state index in [-0.39, 0.29) is 37.5 Å². The van der Waals surface area contributed by atoms with Crippen molar-refractivity contribution in [3.63, 3.8) is 0 Å². The molecule has 1 atom stereocenters. The zero-order chi connectivity index (χ0) is 21.9. The number of hydrogen-bond donors (Lipinski definition) is 1. The fraction of sp³-hybridized carbons (Fsp3) is 0.619. The van der Waals surface area contributed by atoms with Crippen molar-refractivity contribution in [1.29, 1.82) is 0 Å². The Kier molecular flexibility index (Phi) is 7.09. The van der Waals surface area contributed by atoms with Crippen LogP contribution in [0.4, 0.5) is 0 Å². The summed E-state index contributed by atoms with van der Waals surface area (Å²) in [6.07, 6.45) is 7.32. The van der Waals surface area contributed by atoms with Gasteiger partial charge in [-0.3, -0.25) is 9.59 Å². The van der Waals surface area contributed by atoms with E-state index in [0.717, 1.165) is 54.6 Å². The lowest BCUT2D eigenvalue weighted by atomic mass is 9.93. The van der Waals surface area contributed by atoms with Crippen LogP contribution < -0.4 is 5.32 Å². The maximum absolute atomic E-state index is 13.4. The fourth-order valence-corrected chi connectivity index (χ4v) is 5.18. The summed E-state index contributed by atoms with van der Waals surface area (Å²) in [6, 6.07) is 7.14. The van der Waals surface area contributed by atoms with Crippen molar-refractivity contribution in [2.24, 2.45) is 0 Å². The van der Waals surface area contributed by atoms with Gasteiger partial charge in [-0.2, -0.15) is 4.31 Å². The summed E-state index contributed by atoms with van der Waals surface area (Å²) in [7, 11) is -3.62. The van der Waals surface area contributed by atoms with Gasteiger partial charge < -0.3 is 10.2 Å². The Bertz CT molecular complexity index is 882. The van der Waals surface area contributed by atoms with E-state index in [1.807, 2.05) is 12.1 Å². The van der Waals surface area contributed by atoms with Gasteiger partial charge in [-0.25, -0.2) is 8.42 Å². The van der Waals surface area contributed by atoms with Crippen LogP contribution in [0.5, 0.6) is 0 Å². The molecule has 30 heavy (non-hydrogen) atoms. The van der Waals surface area contributed by atoms with Crippen LogP contribution in [0.1, 0.15) is 51.0 Å². The summed E-state index contributed by atoms with van der Waals surface area (Å²) < 4.78 is 25.5. The Morgan fingerprint density at radius 1 is 1.17 bits per heavy atom. The molecule has 2 fully saturated rings. The third kappa shape index (κ3) is 5.34. The van der Waals surface area contributed by atoms with Gasteiger partial charge in [0.1, 0.15) is 5.54 Å². The van der Waals surface area contributed by atoms with E-state index < -0.39 is 15.6 Å². The second kappa shape index (κ2) is 9.24. The minimum absolute atomic E-state index is 0.0536. The molecule has 1 aliphatic carbocycles. The molecule has 1 heterocycles. The SMILES string of the molecule is C[C@@]1(C(=O)NC2CCCCCC2)CN(S(C)(=O)=O)CC(=O)N1Cc1ccc(Cl)cc1. The summed E-state index contributed by atoms with van der Waals surface area (Å²) in [5.74, 6) is -0.690. The number of sulfonamides is 1. The first kappa shape index (κ1) is 23.0. The number of rotatable bonds is 5. The summed E-state index contributed by atoms with van der Waals surface area (Å²) in [6.45, 7) is 1.54. The first-order valence-electron chi connectivity index (χ1n) is 10.4. The second-order valence-corrected chi connectivity index (χ2v) is 11.0. The zero-order valence-corrected chi connectivity index (χ0v) is 19.1. The lowest BCUT2D eigenvalue weighted by molar-refractivity contribution is -0.154. The molecule has 1 aromatic rings. The molecule has 1 aromatic carbocycles. The van der Waals surface area contributed by atoms with Crippen LogP contribution in [0.3, 0.4) is 0 Å². The lowest BCUT2D eigenvalue weighted by Gasteiger charge is -2.47. The molecule has 2 amide bonds. The van der Waals surface area contributed by atoms with Crippen molar-refractivity contribution in [2.45, 2.75) is 63.6 Å². The Balaban J connectivity index is 1.88. The molecule has 0 radical (unpaired) electrons. The normalized spacial score (nSPS) is 24.5. The molecule has 1 saturated carbocycles. The van der Waals surface area contributed by atoms with Crippen molar-refractivity contribution < 1.29 is 18.0 Å². The van der Waals surface area contributed by atoms with Gasteiger partial charge in [0.05, 0.1) is 12.8 Å². The van der Waals surface area contributed by atoms with Gasteiger partial charge >= 0.3 is 0 Å². The van der Waals surface area contributed by atoms with E-state index in [9.17, 15) is 18.0 Å². The van der Waals surface area contributed by atoms with Crippen molar-refractivity contribution >= 4 is 33.4 Å². The van der Waals surface area contributed by atoms with Crippen molar-refractivity contribution in [2.75, 3.05) is 19.3 Å². The van der Waals surface area contributed by atoms with Crippen LogP contribution in [0.25, 0.3) is 0 Å². The summed E-state index contributed by atoms with van der Waals surface area (Å²) in [5, 5.41) is 3.70. The number of amides is 2. The quantitative estimate of drug-likeness (QED) is 0.691. The van der Waals surface area contributed by atoms with Crippen LogP contribution in [-0.4, -0.2) is 60.4 Å². The molecule has 9 heteroatoms. The Hall–Kier alpha value is -1.64. The van der Waals surface area contributed by atoms with Gasteiger partial charge in [-0.05, 0) is 37.5 Å². The Morgan fingerprint density at radius 2 is 1.77 bits per heavy atom. The van der Waals surface area contributed by atoms with Crippen LogP contribution in [0.15, 0.2) is 24.3 Å². The van der Waals surface area contributed by atoms with Crippen molar-refractivity contribution in [1.82, 2.24) is 14.5 Å². The molecular formula is C21H30ClN3O4S. The van der Waals surface area contributed by atoms with Gasteiger partial charge in [-0.1, -0.05) is 49.4 Å². The van der Waals surface area contributed by atoms with Crippen LogP contribution in [-0.2, 0) is 26.2 Å². The van der Waals surface area contributed by atoms with E-state index in [0.29, 0.717) is 5.02 Å².